The van der Waals surface area contributed by atoms with Crippen LogP contribution in [0.4, 0.5) is 4.79 Å². The van der Waals surface area contributed by atoms with Gasteiger partial charge in [0.2, 0.25) is 0 Å². The lowest BCUT2D eigenvalue weighted by Gasteiger charge is -2.24. The Morgan fingerprint density at radius 1 is 0.417 bits per heavy atom. The fourth-order valence-corrected chi connectivity index (χ4v) is 8.58. The number of nitrogens with zero attached hydrogens (tertiary/aromatic N) is 2. The molecule has 0 unspecified atom stereocenters. The molecule has 1 fully saturated rings. The first-order valence-corrected chi connectivity index (χ1v) is 28.4. The molecule has 1 rings (SSSR count). The average Bonchev–Trinajstić information content (AvgIpc) is 3.74. The number of likely N-dealkylation sites (N-methyl/N-ethyl adjacent to an activating group) is 1. The maximum Gasteiger partial charge on any atom is 0.410 e. The second-order valence-corrected chi connectivity index (χ2v) is 20.2. The van der Waals surface area contributed by atoms with E-state index in [2.05, 4.69) is 27.7 Å². The van der Waals surface area contributed by atoms with E-state index in [1.54, 1.807) is 0 Å². The smallest absolute Gasteiger partial charge is 0.410 e. The summed E-state index contributed by atoms with van der Waals surface area (Å²) in [4.78, 5) is 95.6. The third-order valence-electron chi connectivity index (χ3n) is 12.9. The number of hydrogen-bond acceptors (Lipinski definition) is 15. The van der Waals surface area contributed by atoms with Crippen LogP contribution < -0.4 is 0 Å². The van der Waals surface area contributed by atoms with E-state index in [0.29, 0.717) is 6.54 Å². The van der Waals surface area contributed by atoms with Crippen molar-refractivity contribution in [2.75, 3.05) is 66.8 Å². The number of amides is 1. The van der Waals surface area contributed by atoms with Crippen LogP contribution in [0, 0.1) is 11.8 Å². The van der Waals surface area contributed by atoms with E-state index in [1.165, 1.54) is 30.6 Å². The summed E-state index contributed by atoms with van der Waals surface area (Å²) in [5.74, 6) is -4.82. The second kappa shape index (κ2) is 44.5. The summed E-state index contributed by atoms with van der Waals surface area (Å²) < 4.78 is 39.2. The maximum atomic E-state index is 13.6. The number of unbranched alkanes of at least 4 members (excludes halogenated alkanes) is 20. The molecule has 1 heterocycles. The van der Waals surface area contributed by atoms with Crippen LogP contribution in [0.2, 0.25) is 0 Å². The van der Waals surface area contributed by atoms with Gasteiger partial charge in [0.25, 0.3) is 0 Å². The molecule has 0 aromatic rings. The van der Waals surface area contributed by atoms with Crippen LogP contribution >= 0.6 is 0 Å². The fourth-order valence-electron chi connectivity index (χ4n) is 8.58. The molecule has 0 saturated carbocycles. The zero-order valence-electron chi connectivity index (χ0n) is 46.0. The minimum Gasteiger partial charge on any atom is -0.466 e. The molecule has 0 aromatic carbocycles. The Morgan fingerprint density at radius 3 is 1.08 bits per heavy atom. The summed E-state index contributed by atoms with van der Waals surface area (Å²) in [5, 5.41) is 0. The van der Waals surface area contributed by atoms with Crippen molar-refractivity contribution < 1.29 is 66.7 Å². The largest absolute Gasteiger partial charge is 0.466 e. The van der Waals surface area contributed by atoms with Crippen molar-refractivity contribution in [3.63, 3.8) is 0 Å². The highest BCUT2D eigenvalue weighted by molar-refractivity contribution is 5.78. The van der Waals surface area contributed by atoms with E-state index in [4.69, 9.17) is 33.2 Å². The van der Waals surface area contributed by atoms with Gasteiger partial charge in [0.05, 0.1) is 39.0 Å². The Bertz CT molecular complexity index is 1400. The molecule has 0 aromatic heterocycles. The molecular formula is C56H100N2O14. The second-order valence-electron chi connectivity index (χ2n) is 20.2. The Kier molecular flexibility index (Phi) is 40.9. The Balaban J connectivity index is 3.03. The van der Waals surface area contributed by atoms with Gasteiger partial charge in [-0.1, -0.05) is 156 Å². The van der Waals surface area contributed by atoms with Crippen LogP contribution in [-0.4, -0.2) is 131 Å². The zero-order valence-corrected chi connectivity index (χ0v) is 46.0. The van der Waals surface area contributed by atoms with Gasteiger partial charge in [0.1, 0.15) is 19.3 Å². The summed E-state index contributed by atoms with van der Waals surface area (Å²) in [6, 6.07) is -0.730. The quantitative estimate of drug-likeness (QED) is 0.0318. The molecule has 16 heteroatoms. The van der Waals surface area contributed by atoms with E-state index < -0.39 is 65.9 Å². The first-order chi connectivity index (χ1) is 34.8. The summed E-state index contributed by atoms with van der Waals surface area (Å²) in [7, 11) is 3.69. The van der Waals surface area contributed by atoms with E-state index in [0.717, 1.165) is 128 Å². The van der Waals surface area contributed by atoms with Crippen LogP contribution in [0.25, 0.3) is 0 Å². The summed E-state index contributed by atoms with van der Waals surface area (Å²) in [5.41, 5.74) is 0. The van der Waals surface area contributed by atoms with Crippen molar-refractivity contribution in [1.29, 1.82) is 0 Å². The van der Waals surface area contributed by atoms with Crippen molar-refractivity contribution in [2.45, 2.75) is 239 Å². The number of hydrogen-bond donors (Lipinski definition) is 0. The predicted octanol–water partition coefficient (Wildman–Crippen LogP) is 11.4. The maximum absolute atomic E-state index is 13.6. The molecule has 16 nitrogen and oxygen atoms in total. The number of carbonyl (C=O) groups is 7. The van der Waals surface area contributed by atoms with Crippen LogP contribution in [0.15, 0.2) is 0 Å². The van der Waals surface area contributed by atoms with Crippen molar-refractivity contribution in [3.05, 3.63) is 0 Å². The van der Waals surface area contributed by atoms with E-state index in [1.807, 2.05) is 19.0 Å². The topological polar surface area (TPSA) is 191 Å². The van der Waals surface area contributed by atoms with Crippen molar-refractivity contribution in [1.82, 2.24) is 9.80 Å². The molecule has 1 saturated heterocycles. The van der Waals surface area contributed by atoms with Gasteiger partial charge in [-0.3, -0.25) is 33.7 Å². The molecule has 1 aliphatic heterocycles. The van der Waals surface area contributed by atoms with Crippen LogP contribution in [0.1, 0.15) is 227 Å². The molecular weight excluding hydrogens is 925 g/mol. The van der Waals surface area contributed by atoms with Crippen LogP contribution in [-0.2, 0) is 61.9 Å². The predicted molar refractivity (Wildman–Crippen MR) is 278 cm³/mol. The number of likely N-dealkylation sites (tertiary alicyclic amines) is 1. The molecule has 418 valence electrons. The fraction of sp³-hybridized carbons (Fsp3) is 0.875. The van der Waals surface area contributed by atoms with Gasteiger partial charge < -0.3 is 38.1 Å². The lowest BCUT2D eigenvalue weighted by atomic mass is 9.97. The molecule has 2 atom stereocenters. The third kappa shape index (κ3) is 36.9. The molecule has 0 bridgehead atoms. The summed E-state index contributed by atoms with van der Waals surface area (Å²) >= 11 is 0. The minimum absolute atomic E-state index is 0.0441. The molecule has 1 amide bonds. The first kappa shape index (κ1) is 66.1. The minimum atomic E-state index is -0.807. The van der Waals surface area contributed by atoms with E-state index >= 15 is 0 Å². The average molecular weight is 1030 g/mol. The number of ether oxygens (including phenoxy) is 7. The van der Waals surface area contributed by atoms with E-state index in [9.17, 15) is 33.6 Å². The van der Waals surface area contributed by atoms with Crippen molar-refractivity contribution >= 4 is 41.9 Å². The summed E-state index contributed by atoms with van der Waals surface area (Å²) in [6.45, 7) is 9.92. The van der Waals surface area contributed by atoms with Crippen molar-refractivity contribution in [3.8, 4) is 0 Å². The zero-order chi connectivity index (χ0) is 53.0. The van der Waals surface area contributed by atoms with Gasteiger partial charge in [-0.05, 0) is 51.6 Å². The SMILES string of the molecule is CCCCCCCCOC(=O)CC(CC(=O)OCCCCCCCC)CC(=O)OC[C@@H]1C[C@@H](OC(=O)CC(CC(=O)OCCCCCCCC)CC(=O)OCCCCCCCC)CN1C(=O)OCCN(C)C. The normalized spacial score (nSPS) is 14.4. The monoisotopic (exact) mass is 1020 g/mol. The third-order valence-corrected chi connectivity index (χ3v) is 12.9. The van der Waals surface area contributed by atoms with Gasteiger partial charge in [0, 0.05) is 51.5 Å². The Labute approximate surface area is 434 Å². The molecule has 0 spiro atoms. The standard InChI is InChI=1S/C56H100N2O14/c1-7-11-15-19-23-27-32-66-50(59)37-46(38-51(60)67-33-28-24-20-16-12-8-2)41-54(63)71-45-48-43-49(44-58(48)56(65)70-36-31-57(5)6)72-55(64)42-47(39-52(61)68-34-29-25-21-17-13-9-3)40-53(62)69-35-30-26-22-18-14-10-4/h46-49H,7-45H2,1-6H3/t48-,49+/m0/s1. The molecule has 72 heavy (non-hydrogen) atoms. The molecule has 0 radical (unpaired) electrons. The van der Waals surface area contributed by atoms with Crippen molar-refractivity contribution in [2.24, 2.45) is 11.8 Å². The van der Waals surface area contributed by atoms with E-state index in [-0.39, 0.29) is 91.1 Å². The Morgan fingerprint density at radius 2 is 0.736 bits per heavy atom. The lowest BCUT2D eigenvalue weighted by molar-refractivity contribution is -0.154. The van der Waals surface area contributed by atoms with Gasteiger partial charge in [-0.15, -0.1) is 0 Å². The lowest BCUT2D eigenvalue weighted by Crippen LogP contribution is -2.40. The highest BCUT2D eigenvalue weighted by Gasteiger charge is 2.40. The first-order valence-electron chi connectivity index (χ1n) is 28.4. The van der Waals surface area contributed by atoms with Gasteiger partial charge >= 0.3 is 41.9 Å². The number of carbonyl (C=O) groups excluding carboxylic acids is 7. The highest BCUT2D eigenvalue weighted by atomic mass is 16.6. The molecule has 0 aliphatic carbocycles. The molecule has 1 aliphatic rings. The van der Waals surface area contributed by atoms with Gasteiger partial charge in [-0.25, -0.2) is 4.79 Å². The highest BCUT2D eigenvalue weighted by Crippen LogP contribution is 2.26. The Hall–Kier alpha value is -3.95. The number of esters is 6. The number of rotatable bonds is 46. The molecule has 0 N–H and O–H groups in total. The van der Waals surface area contributed by atoms with Gasteiger partial charge in [-0.2, -0.15) is 0 Å². The van der Waals surface area contributed by atoms with Crippen LogP contribution in [0.5, 0.6) is 0 Å². The summed E-state index contributed by atoms with van der Waals surface area (Å²) in [6.07, 6.45) is 22.2. The van der Waals surface area contributed by atoms with Crippen LogP contribution in [0.3, 0.4) is 0 Å². The van der Waals surface area contributed by atoms with Gasteiger partial charge in [0.15, 0.2) is 0 Å².